The molecule has 0 atom stereocenters. The molecule has 0 saturated carbocycles. The van der Waals surface area contributed by atoms with Crippen molar-refractivity contribution in [1.29, 1.82) is 0 Å². The fourth-order valence-electron chi connectivity index (χ4n) is 8.40. The molecule has 8 rings (SSSR count). The zero-order chi connectivity index (χ0) is 41.1. The first kappa shape index (κ1) is 39.4. The lowest BCUT2D eigenvalue weighted by Crippen LogP contribution is -2.39. The van der Waals surface area contributed by atoms with E-state index in [-0.39, 0.29) is 6.10 Å². The fraction of sp³-hybridized carbons (Fsp3) is 0.286. The van der Waals surface area contributed by atoms with Gasteiger partial charge in [0.1, 0.15) is 17.1 Å². The van der Waals surface area contributed by atoms with Crippen LogP contribution < -0.4 is 4.90 Å². The highest BCUT2D eigenvalue weighted by Gasteiger charge is 2.41. The molecule has 59 heavy (non-hydrogen) atoms. The average Bonchev–Trinajstić information content (AvgIpc) is 3.82. The summed E-state index contributed by atoms with van der Waals surface area (Å²) in [5.74, 6) is 0.842. The first-order valence-electron chi connectivity index (χ1n) is 20.5. The van der Waals surface area contributed by atoms with Crippen LogP contribution in [0, 0.1) is 0 Å². The number of aromatic nitrogens is 6. The number of para-hydroxylation sites is 1. The van der Waals surface area contributed by atoms with E-state index < -0.39 is 17.1 Å². The van der Waals surface area contributed by atoms with Crippen molar-refractivity contribution in [2.75, 3.05) is 4.90 Å². The van der Waals surface area contributed by atoms with Gasteiger partial charge in [-0.25, -0.2) is 9.78 Å². The van der Waals surface area contributed by atoms with Crippen LogP contribution in [0.1, 0.15) is 102 Å². The molecular formula is C49H51N7O3. The van der Waals surface area contributed by atoms with Crippen LogP contribution in [0.2, 0.25) is 0 Å². The topological polar surface area (TPSA) is 111 Å². The highest BCUT2D eigenvalue weighted by molar-refractivity contribution is 5.89. The Labute approximate surface area is 346 Å². The number of nitrogens with zero attached hydrogens (tertiary/aromatic N) is 7. The van der Waals surface area contributed by atoms with Crippen molar-refractivity contribution in [3.05, 3.63) is 190 Å². The van der Waals surface area contributed by atoms with Crippen LogP contribution in [0.3, 0.4) is 0 Å². The predicted octanol–water partition coefficient (Wildman–Crippen LogP) is 8.94. The van der Waals surface area contributed by atoms with Gasteiger partial charge in [-0.3, -0.25) is 0 Å². The van der Waals surface area contributed by atoms with Crippen molar-refractivity contribution in [3.8, 4) is 0 Å². The normalized spacial score (nSPS) is 12.9. The molecule has 1 aliphatic heterocycles. The number of aryl methyl sites for hydroxylation is 3. The molecule has 0 aliphatic carbocycles. The first-order chi connectivity index (χ1) is 28.6. The van der Waals surface area contributed by atoms with Crippen LogP contribution in [0.4, 0.5) is 11.4 Å². The van der Waals surface area contributed by atoms with Gasteiger partial charge in [-0.15, -0.1) is 15.0 Å². The predicted molar refractivity (Wildman–Crippen MR) is 230 cm³/mol. The zero-order valence-corrected chi connectivity index (χ0v) is 34.4. The number of carbonyl (C=O) groups excluding carboxylic acids is 1. The molecule has 1 N–H and O–H groups in total. The van der Waals surface area contributed by atoms with Gasteiger partial charge < -0.3 is 19.3 Å². The van der Waals surface area contributed by atoms with Gasteiger partial charge in [-0.05, 0) is 97.7 Å². The van der Waals surface area contributed by atoms with Gasteiger partial charge in [0.15, 0.2) is 17.1 Å². The molecule has 0 saturated heterocycles. The number of anilines is 2. The Balaban J connectivity index is 1.20. The Hall–Kier alpha value is -6.39. The third kappa shape index (κ3) is 7.68. The summed E-state index contributed by atoms with van der Waals surface area (Å²) in [6.45, 7) is 9.85. The van der Waals surface area contributed by atoms with E-state index in [9.17, 15) is 9.90 Å². The van der Waals surface area contributed by atoms with E-state index in [0.29, 0.717) is 36.7 Å². The second-order valence-electron chi connectivity index (χ2n) is 16.1. The van der Waals surface area contributed by atoms with Gasteiger partial charge in [0, 0.05) is 24.3 Å². The maximum absolute atomic E-state index is 13.7. The highest BCUT2D eigenvalue weighted by atomic mass is 16.5. The molecule has 7 aromatic rings. The number of esters is 1. The third-order valence-electron chi connectivity index (χ3n) is 11.0. The molecule has 5 aromatic carbocycles. The van der Waals surface area contributed by atoms with E-state index >= 15 is 0 Å². The van der Waals surface area contributed by atoms with Gasteiger partial charge in [-0.2, -0.15) is 0 Å². The Morgan fingerprint density at radius 1 is 0.763 bits per heavy atom. The number of carbonyl (C=O) groups is 1. The van der Waals surface area contributed by atoms with Gasteiger partial charge >= 0.3 is 5.97 Å². The number of hydrogen-bond donors (Lipinski definition) is 1. The van der Waals surface area contributed by atoms with E-state index in [1.807, 2.05) is 36.6 Å². The summed E-state index contributed by atoms with van der Waals surface area (Å²) in [7, 11) is 0. The molecule has 2 aromatic heterocycles. The van der Waals surface area contributed by atoms with Crippen LogP contribution in [-0.2, 0) is 48.2 Å². The van der Waals surface area contributed by atoms with Gasteiger partial charge in [-0.1, -0.05) is 128 Å². The average molecular weight is 786 g/mol. The molecule has 10 heteroatoms. The summed E-state index contributed by atoms with van der Waals surface area (Å²) < 4.78 is 7.65. The molecule has 0 unspecified atom stereocenters. The largest absolute Gasteiger partial charge is 0.458 e. The number of fused-ring (bicyclic) bond motifs is 2. The highest BCUT2D eigenvalue weighted by Crippen LogP contribution is 2.41. The van der Waals surface area contributed by atoms with Crippen LogP contribution in [0.5, 0.6) is 0 Å². The summed E-state index contributed by atoms with van der Waals surface area (Å²) >= 11 is 0. The zero-order valence-electron chi connectivity index (χ0n) is 34.4. The Morgan fingerprint density at radius 2 is 1.34 bits per heavy atom. The number of tetrazole rings is 1. The van der Waals surface area contributed by atoms with E-state index in [2.05, 4.69) is 127 Å². The fourth-order valence-corrected chi connectivity index (χ4v) is 8.40. The monoisotopic (exact) mass is 785 g/mol. The summed E-state index contributed by atoms with van der Waals surface area (Å²) in [5, 5.41) is 26.0. The summed E-state index contributed by atoms with van der Waals surface area (Å²) in [6, 6.07) is 46.2. The Bertz CT molecular complexity index is 2440. The molecule has 0 amide bonds. The standard InChI is InChI=1S/C49H51N7O3/c1-6-18-44-50-46(48(4,5)58)45(47(57)59-34(2)3)55(44)32-35-27-30-42-37(31-35)29-28-36-19-16-17-26-41(36)54(42)33-43-51-53-56(52-43)49(38-20-10-7-11-21-38,39-22-12-8-13-23-39)40-24-14-9-15-25-40/h7-17,19-27,30-31,34,58H,6,18,28-29,32-33H2,1-5H3. The molecule has 3 heterocycles. The second kappa shape index (κ2) is 16.5. The van der Waals surface area contributed by atoms with Crippen molar-refractivity contribution in [2.45, 2.75) is 90.6 Å². The Morgan fingerprint density at radius 3 is 1.93 bits per heavy atom. The molecule has 0 radical (unpaired) electrons. The lowest BCUT2D eigenvalue weighted by atomic mass is 9.77. The summed E-state index contributed by atoms with van der Waals surface area (Å²) in [6.07, 6.45) is 2.83. The molecule has 0 bridgehead atoms. The third-order valence-corrected chi connectivity index (χ3v) is 11.0. The van der Waals surface area contributed by atoms with Crippen LogP contribution in [0.25, 0.3) is 0 Å². The summed E-state index contributed by atoms with van der Waals surface area (Å²) in [4.78, 5) is 22.6. The minimum Gasteiger partial charge on any atom is -0.458 e. The second-order valence-corrected chi connectivity index (χ2v) is 16.1. The first-order valence-corrected chi connectivity index (χ1v) is 20.5. The smallest absolute Gasteiger partial charge is 0.357 e. The van der Waals surface area contributed by atoms with Crippen molar-refractivity contribution in [3.63, 3.8) is 0 Å². The van der Waals surface area contributed by atoms with Crippen LogP contribution >= 0.6 is 0 Å². The van der Waals surface area contributed by atoms with E-state index in [1.54, 1.807) is 18.6 Å². The van der Waals surface area contributed by atoms with Crippen molar-refractivity contribution >= 4 is 17.3 Å². The quantitative estimate of drug-likeness (QED) is 0.0912. The van der Waals surface area contributed by atoms with Crippen LogP contribution in [0.15, 0.2) is 133 Å². The maximum atomic E-state index is 13.7. The minimum atomic E-state index is -1.34. The number of aliphatic hydroxyl groups is 1. The minimum absolute atomic E-state index is 0.297. The Kier molecular flexibility index (Phi) is 11.0. The number of imidazole rings is 1. The number of rotatable bonds is 13. The summed E-state index contributed by atoms with van der Waals surface area (Å²) in [5.41, 5.74) is 7.07. The van der Waals surface area contributed by atoms with Gasteiger partial charge in [0.25, 0.3) is 0 Å². The molecule has 10 nitrogen and oxygen atoms in total. The maximum Gasteiger partial charge on any atom is 0.357 e. The van der Waals surface area contributed by atoms with Crippen molar-refractivity contribution in [1.82, 2.24) is 29.8 Å². The number of benzene rings is 5. The molecular weight excluding hydrogens is 735 g/mol. The van der Waals surface area contributed by atoms with Crippen molar-refractivity contribution in [2.24, 2.45) is 0 Å². The van der Waals surface area contributed by atoms with E-state index in [0.717, 1.165) is 58.7 Å². The molecule has 0 fully saturated rings. The molecule has 1 aliphatic rings. The van der Waals surface area contributed by atoms with Crippen molar-refractivity contribution < 1.29 is 14.6 Å². The van der Waals surface area contributed by atoms with E-state index in [4.69, 9.17) is 25.1 Å². The van der Waals surface area contributed by atoms with Gasteiger partial charge in [0.05, 0.1) is 12.6 Å². The van der Waals surface area contributed by atoms with Gasteiger partial charge in [0.2, 0.25) is 0 Å². The van der Waals surface area contributed by atoms with Crippen LogP contribution in [-0.4, -0.2) is 46.9 Å². The van der Waals surface area contributed by atoms with E-state index in [1.165, 1.54) is 11.1 Å². The molecule has 300 valence electrons. The lowest BCUT2D eigenvalue weighted by Gasteiger charge is -2.34. The number of hydrogen-bond acceptors (Lipinski definition) is 8. The number of ether oxygens (including phenoxy) is 1. The SMILES string of the molecule is CCCc1nc(C(C)(C)O)c(C(=O)OC(C)C)n1Cc1ccc2c(c1)CCc1ccccc1N2Cc1nnn(C(c2ccccc2)(c2ccccc2)c2ccccc2)n1. The lowest BCUT2D eigenvalue weighted by molar-refractivity contribution is 0.0334. The molecule has 0 spiro atoms.